The molecule has 3 rings (SSSR count). The fourth-order valence-corrected chi connectivity index (χ4v) is 3.44. The van der Waals surface area contributed by atoms with Gasteiger partial charge in [-0.15, -0.1) is 0 Å². The van der Waals surface area contributed by atoms with Crippen molar-refractivity contribution in [3.05, 3.63) is 70.8 Å². The summed E-state index contributed by atoms with van der Waals surface area (Å²) < 4.78 is 0. The Bertz CT molecular complexity index is 630. The summed E-state index contributed by atoms with van der Waals surface area (Å²) in [7, 11) is 0. The topological polar surface area (TPSA) is 40.5 Å². The van der Waals surface area contributed by atoms with Gasteiger partial charge in [0.1, 0.15) is 6.04 Å². The Balaban J connectivity index is 2.04. The van der Waals surface area contributed by atoms with E-state index in [0.717, 1.165) is 30.5 Å². The zero-order valence-corrected chi connectivity index (χ0v) is 13.7. The lowest BCUT2D eigenvalue weighted by Crippen LogP contribution is -2.39. The molecule has 0 bridgehead atoms. The van der Waals surface area contributed by atoms with Gasteiger partial charge in [0.15, 0.2) is 0 Å². The van der Waals surface area contributed by atoms with Crippen LogP contribution < -0.4 is 0 Å². The van der Waals surface area contributed by atoms with Crippen LogP contribution in [0, 0.1) is 13.8 Å². The summed E-state index contributed by atoms with van der Waals surface area (Å²) in [4.78, 5) is 13.8. The fourth-order valence-electron chi connectivity index (χ4n) is 3.44. The quantitative estimate of drug-likeness (QED) is 0.930. The summed E-state index contributed by atoms with van der Waals surface area (Å²) in [6.45, 7) is 4.96. The van der Waals surface area contributed by atoms with Gasteiger partial charge in [0.2, 0.25) is 0 Å². The minimum atomic E-state index is -0.716. The minimum absolute atomic E-state index is 0.000185. The van der Waals surface area contributed by atoms with Crippen molar-refractivity contribution >= 4 is 5.97 Å². The lowest BCUT2D eigenvalue weighted by atomic mass is 9.95. The molecule has 0 radical (unpaired) electrons. The highest BCUT2D eigenvalue weighted by Gasteiger charge is 2.36. The molecule has 3 heteroatoms. The maximum Gasteiger partial charge on any atom is 0.320 e. The number of aliphatic carboxylic acids is 1. The fraction of sp³-hybridized carbons (Fsp3) is 0.350. The van der Waals surface area contributed by atoms with Crippen molar-refractivity contribution in [3.8, 4) is 0 Å². The van der Waals surface area contributed by atoms with Gasteiger partial charge in [-0.25, -0.2) is 0 Å². The first kappa shape index (κ1) is 15.8. The number of hydrogen-bond acceptors (Lipinski definition) is 2. The van der Waals surface area contributed by atoms with E-state index in [4.69, 9.17) is 0 Å². The molecule has 1 atom stereocenters. The first-order valence-electron chi connectivity index (χ1n) is 8.18. The number of likely N-dealkylation sites (tertiary alicyclic amines) is 1. The Hall–Kier alpha value is -2.13. The highest BCUT2D eigenvalue weighted by atomic mass is 16.4. The molecule has 0 saturated carbocycles. The summed E-state index contributed by atoms with van der Waals surface area (Å²) in [5.41, 5.74) is 4.75. The molecule has 1 heterocycles. The predicted octanol–water partition coefficient (Wildman–Crippen LogP) is 3.94. The Kier molecular flexibility index (Phi) is 4.49. The molecule has 1 unspecified atom stereocenters. The van der Waals surface area contributed by atoms with Crippen LogP contribution in [0.1, 0.15) is 41.1 Å². The molecular weight excluding hydrogens is 286 g/mol. The van der Waals surface area contributed by atoms with E-state index in [0.29, 0.717) is 0 Å². The Labute approximate surface area is 137 Å². The molecule has 1 aliphatic rings. The molecule has 1 aliphatic heterocycles. The van der Waals surface area contributed by atoms with Crippen LogP contribution in [0.15, 0.2) is 48.5 Å². The number of nitrogens with zero attached hydrogens (tertiary/aromatic N) is 1. The van der Waals surface area contributed by atoms with Crippen LogP contribution in [0.25, 0.3) is 0 Å². The second-order valence-electron chi connectivity index (χ2n) is 6.46. The SMILES string of the molecule is Cc1ccc(C(c2ccc(C)cc2)N2CCCC2C(=O)O)cc1. The van der Waals surface area contributed by atoms with Crippen molar-refractivity contribution in [1.29, 1.82) is 0 Å². The van der Waals surface area contributed by atoms with Crippen molar-refractivity contribution < 1.29 is 9.90 Å². The Morgan fingerprint density at radius 2 is 1.48 bits per heavy atom. The van der Waals surface area contributed by atoms with Crippen molar-refractivity contribution in [2.24, 2.45) is 0 Å². The average molecular weight is 309 g/mol. The van der Waals surface area contributed by atoms with E-state index in [-0.39, 0.29) is 6.04 Å². The van der Waals surface area contributed by atoms with Crippen LogP contribution in [0.3, 0.4) is 0 Å². The summed E-state index contributed by atoms with van der Waals surface area (Å²) in [5, 5.41) is 9.57. The van der Waals surface area contributed by atoms with Gasteiger partial charge < -0.3 is 5.11 Å². The van der Waals surface area contributed by atoms with Crippen LogP contribution >= 0.6 is 0 Å². The molecule has 1 saturated heterocycles. The molecule has 0 amide bonds. The number of carboxylic acid groups (broad SMARTS) is 1. The van der Waals surface area contributed by atoms with Crippen molar-refractivity contribution in [1.82, 2.24) is 4.90 Å². The van der Waals surface area contributed by atoms with Gasteiger partial charge in [-0.1, -0.05) is 59.7 Å². The second kappa shape index (κ2) is 6.55. The number of hydrogen-bond donors (Lipinski definition) is 1. The Morgan fingerprint density at radius 3 is 1.91 bits per heavy atom. The molecule has 0 aromatic heterocycles. The van der Waals surface area contributed by atoms with Gasteiger partial charge in [0, 0.05) is 6.54 Å². The molecule has 3 nitrogen and oxygen atoms in total. The predicted molar refractivity (Wildman–Crippen MR) is 91.6 cm³/mol. The van der Waals surface area contributed by atoms with Crippen molar-refractivity contribution in [2.45, 2.75) is 38.8 Å². The van der Waals surface area contributed by atoms with E-state index in [1.54, 1.807) is 0 Å². The van der Waals surface area contributed by atoms with E-state index in [1.807, 2.05) is 0 Å². The van der Waals surface area contributed by atoms with Gasteiger partial charge in [-0.05, 0) is 37.8 Å². The maximum atomic E-state index is 11.6. The summed E-state index contributed by atoms with van der Waals surface area (Å²) in [6.07, 6.45) is 1.66. The van der Waals surface area contributed by atoms with Crippen LogP contribution in [0.2, 0.25) is 0 Å². The molecule has 1 N–H and O–H groups in total. The lowest BCUT2D eigenvalue weighted by molar-refractivity contribution is -0.142. The third-order valence-corrected chi connectivity index (χ3v) is 4.70. The molecule has 2 aromatic rings. The van der Waals surface area contributed by atoms with Crippen LogP contribution in [-0.4, -0.2) is 28.6 Å². The summed E-state index contributed by atoms with van der Waals surface area (Å²) in [5.74, 6) is -0.716. The van der Waals surface area contributed by atoms with Gasteiger partial charge in [0.05, 0.1) is 6.04 Å². The lowest BCUT2D eigenvalue weighted by Gasteiger charge is -2.32. The standard InChI is InChI=1S/C20H23NO2/c1-14-5-9-16(10-6-14)19(17-11-7-15(2)8-12-17)21-13-3-4-18(21)20(22)23/h5-12,18-19H,3-4,13H2,1-2H3,(H,22,23). The first-order valence-corrected chi connectivity index (χ1v) is 8.18. The molecule has 2 aromatic carbocycles. The Morgan fingerprint density at radius 1 is 1.00 bits per heavy atom. The zero-order valence-electron chi connectivity index (χ0n) is 13.7. The average Bonchev–Trinajstić information content (AvgIpc) is 3.01. The minimum Gasteiger partial charge on any atom is -0.480 e. The van der Waals surface area contributed by atoms with Gasteiger partial charge in [-0.3, -0.25) is 9.69 Å². The number of carbonyl (C=O) groups is 1. The molecule has 120 valence electrons. The van der Waals surface area contributed by atoms with E-state index >= 15 is 0 Å². The smallest absolute Gasteiger partial charge is 0.320 e. The molecule has 1 fully saturated rings. The van der Waals surface area contributed by atoms with Crippen molar-refractivity contribution in [2.75, 3.05) is 6.54 Å². The monoisotopic (exact) mass is 309 g/mol. The number of rotatable bonds is 4. The van der Waals surface area contributed by atoms with Crippen molar-refractivity contribution in [3.63, 3.8) is 0 Å². The number of carboxylic acids is 1. The number of benzene rings is 2. The van der Waals surface area contributed by atoms with E-state index < -0.39 is 12.0 Å². The summed E-state index contributed by atoms with van der Waals surface area (Å²) >= 11 is 0. The zero-order chi connectivity index (χ0) is 16.4. The third kappa shape index (κ3) is 3.30. The van der Waals surface area contributed by atoms with E-state index in [1.165, 1.54) is 11.1 Å². The van der Waals surface area contributed by atoms with Gasteiger partial charge >= 0.3 is 5.97 Å². The van der Waals surface area contributed by atoms with Gasteiger partial charge in [-0.2, -0.15) is 0 Å². The highest BCUT2D eigenvalue weighted by Crippen LogP contribution is 2.35. The molecule has 0 spiro atoms. The normalized spacial score (nSPS) is 18.5. The van der Waals surface area contributed by atoms with Gasteiger partial charge in [0.25, 0.3) is 0 Å². The largest absolute Gasteiger partial charge is 0.480 e. The molecule has 0 aliphatic carbocycles. The van der Waals surface area contributed by atoms with E-state index in [9.17, 15) is 9.90 Å². The van der Waals surface area contributed by atoms with Crippen LogP contribution in [0.5, 0.6) is 0 Å². The third-order valence-electron chi connectivity index (χ3n) is 4.70. The van der Waals surface area contributed by atoms with Crippen LogP contribution in [0.4, 0.5) is 0 Å². The van der Waals surface area contributed by atoms with Crippen LogP contribution in [-0.2, 0) is 4.79 Å². The highest BCUT2D eigenvalue weighted by molar-refractivity contribution is 5.74. The number of aryl methyl sites for hydroxylation is 2. The molecular formula is C20H23NO2. The second-order valence-corrected chi connectivity index (χ2v) is 6.46. The summed E-state index contributed by atoms with van der Waals surface area (Å²) in [6, 6.07) is 16.5. The molecule has 23 heavy (non-hydrogen) atoms. The maximum absolute atomic E-state index is 11.6. The first-order chi connectivity index (χ1) is 11.1. The van der Waals surface area contributed by atoms with E-state index in [2.05, 4.69) is 67.3 Å².